The first-order valence-electron chi connectivity index (χ1n) is 27.9. The number of aliphatic hydroxyl groups excluding tert-OH is 2. The number of imidazole rings is 2. The summed E-state index contributed by atoms with van der Waals surface area (Å²) in [6.45, 7) is 9.28. The Hall–Kier alpha value is -5.48. The van der Waals surface area contributed by atoms with Gasteiger partial charge in [0.2, 0.25) is 16.2 Å². The van der Waals surface area contributed by atoms with Crippen molar-refractivity contribution in [1.82, 2.24) is 39.0 Å². The van der Waals surface area contributed by atoms with Crippen molar-refractivity contribution in [2.45, 2.75) is 163 Å². The number of esters is 3. The second kappa shape index (κ2) is 31.2. The number of aromatic nitrogens is 8. The van der Waals surface area contributed by atoms with Crippen LogP contribution in [-0.4, -0.2) is 165 Å². The molecule has 21 nitrogen and oxygen atoms in total. The molecule has 2 fully saturated rings. The maximum Gasteiger partial charge on any atom is 0.350 e. The Labute approximate surface area is 503 Å². The molecule has 6 heterocycles. The zero-order chi connectivity index (χ0) is 60.6. The first kappa shape index (κ1) is 66.1. The summed E-state index contributed by atoms with van der Waals surface area (Å²) in [5, 5.41) is 22.7. The third-order valence-electron chi connectivity index (χ3n) is 13.8. The van der Waals surface area contributed by atoms with Crippen LogP contribution in [0.1, 0.15) is 104 Å². The van der Waals surface area contributed by atoms with Gasteiger partial charge in [-0.25, -0.2) is 43.1 Å². The van der Waals surface area contributed by atoms with E-state index in [0.29, 0.717) is 32.2 Å². The molecular formula is C57H70Cl2F2N8O13S2. The van der Waals surface area contributed by atoms with Crippen LogP contribution in [0.2, 0.25) is 10.6 Å². The van der Waals surface area contributed by atoms with E-state index in [-0.39, 0.29) is 54.5 Å². The van der Waals surface area contributed by atoms with Crippen molar-refractivity contribution in [1.29, 1.82) is 0 Å². The lowest BCUT2D eigenvalue weighted by molar-refractivity contribution is -0.197. The van der Waals surface area contributed by atoms with E-state index in [9.17, 15) is 29.4 Å². The number of nitrogens with zero attached hydrogens (tertiary/aromatic N) is 8. The molecule has 0 amide bonds. The van der Waals surface area contributed by atoms with Gasteiger partial charge >= 0.3 is 17.9 Å². The Balaban J connectivity index is 0.000000241. The molecule has 0 saturated carbocycles. The number of halogens is 4. The van der Waals surface area contributed by atoms with E-state index in [1.54, 1.807) is 81.4 Å². The molecule has 8 rings (SSSR count). The van der Waals surface area contributed by atoms with Crippen molar-refractivity contribution in [3.8, 4) is 0 Å². The Morgan fingerprint density at radius 1 is 0.595 bits per heavy atom. The molecule has 0 aliphatic carbocycles. The van der Waals surface area contributed by atoms with Gasteiger partial charge in [0.1, 0.15) is 45.5 Å². The quantitative estimate of drug-likeness (QED) is 0.00844. The van der Waals surface area contributed by atoms with E-state index in [2.05, 4.69) is 43.8 Å². The van der Waals surface area contributed by atoms with Gasteiger partial charge in [-0.1, -0.05) is 100 Å². The van der Waals surface area contributed by atoms with E-state index in [4.69, 9.17) is 56.4 Å². The van der Waals surface area contributed by atoms with E-state index in [1.807, 2.05) is 0 Å². The summed E-state index contributed by atoms with van der Waals surface area (Å²) < 4.78 is 73.1. The Morgan fingerprint density at radius 3 is 1.36 bits per heavy atom. The summed E-state index contributed by atoms with van der Waals surface area (Å²) >= 11 is 15.4. The SMILES string of the molecule is CCCCCSc1nc(Cl)nc2c1ncn2[C@@H]1O[C@H](COC(Cc2ccccc2)(C(=O)OCC)C(=O)OCC)[C@@H](O)[C@@H]1F.CCCCCSc1nc(Cl)nc2c1ncn2[C@@H]1O[C@H](COC(Cc2ccccc2)(C(C)=O)C(=O)OCC)[C@@H](O)[C@@H]1F. The van der Waals surface area contributed by atoms with Gasteiger partial charge in [0.15, 0.2) is 41.9 Å². The van der Waals surface area contributed by atoms with E-state index in [1.165, 1.54) is 52.2 Å². The summed E-state index contributed by atoms with van der Waals surface area (Å²) in [6.07, 6.45) is -3.53. The van der Waals surface area contributed by atoms with Crippen LogP contribution in [0.3, 0.4) is 0 Å². The van der Waals surface area contributed by atoms with Gasteiger partial charge in [-0.05, 0) is 86.4 Å². The normalized spacial score (nSPS) is 21.2. The molecule has 2 aliphatic heterocycles. The minimum absolute atomic E-state index is 0.0207. The van der Waals surface area contributed by atoms with Crippen LogP contribution < -0.4 is 0 Å². The zero-order valence-electron chi connectivity index (χ0n) is 47.4. The highest BCUT2D eigenvalue weighted by atomic mass is 35.5. The fraction of sp³-hybridized carbons (Fsp3) is 0.544. The number of carbonyl (C=O) groups is 4. The van der Waals surface area contributed by atoms with Crippen molar-refractivity contribution < 1.29 is 71.3 Å². The van der Waals surface area contributed by atoms with Crippen molar-refractivity contribution in [3.63, 3.8) is 0 Å². The van der Waals surface area contributed by atoms with Crippen LogP contribution in [0.15, 0.2) is 83.4 Å². The van der Waals surface area contributed by atoms with Crippen molar-refractivity contribution in [2.75, 3.05) is 44.5 Å². The summed E-state index contributed by atoms with van der Waals surface area (Å²) in [4.78, 5) is 78.2. The van der Waals surface area contributed by atoms with Gasteiger partial charge in [0.25, 0.3) is 5.60 Å². The molecule has 2 N–H and O–H groups in total. The maximum absolute atomic E-state index is 15.6. The molecule has 1 unspecified atom stereocenters. The van der Waals surface area contributed by atoms with E-state index >= 15 is 8.78 Å². The highest BCUT2D eigenvalue weighted by molar-refractivity contribution is 7.99. The number of carbonyl (C=O) groups excluding carboxylic acids is 4. The minimum Gasteiger partial charge on any atom is -0.463 e. The van der Waals surface area contributed by atoms with Crippen LogP contribution in [0.25, 0.3) is 22.3 Å². The van der Waals surface area contributed by atoms with Crippen molar-refractivity contribution >= 4 is 92.7 Å². The molecule has 9 atom stereocenters. The molecule has 2 aliphatic rings. The predicted molar refractivity (Wildman–Crippen MR) is 309 cm³/mol. The number of unbranched alkanes of at least 4 members (excludes halogenated alkanes) is 4. The average Bonchev–Trinajstić information content (AvgIpc) is 4.39. The topological polar surface area (TPSA) is 261 Å². The van der Waals surface area contributed by atoms with Crippen LogP contribution in [0.5, 0.6) is 0 Å². The Bertz CT molecular complexity index is 3120. The smallest absolute Gasteiger partial charge is 0.350 e. The largest absolute Gasteiger partial charge is 0.463 e. The monoisotopic (exact) mass is 1250 g/mol. The van der Waals surface area contributed by atoms with Crippen molar-refractivity contribution in [2.24, 2.45) is 0 Å². The fourth-order valence-electron chi connectivity index (χ4n) is 9.38. The molecule has 0 radical (unpaired) electrons. The second-order valence-electron chi connectivity index (χ2n) is 19.7. The molecule has 27 heteroatoms. The molecule has 0 spiro atoms. The number of ketones is 1. The Morgan fingerprint density at radius 2 is 0.976 bits per heavy atom. The molecule has 4 aromatic heterocycles. The number of hydrogen-bond donors (Lipinski definition) is 2. The Kier molecular flexibility index (Phi) is 24.6. The summed E-state index contributed by atoms with van der Waals surface area (Å²) in [6, 6.07) is 17.6. The molecule has 2 aromatic carbocycles. The second-order valence-corrected chi connectivity index (χ2v) is 22.5. The predicted octanol–water partition coefficient (Wildman–Crippen LogP) is 8.99. The van der Waals surface area contributed by atoms with Gasteiger partial charge in [-0.15, -0.1) is 23.5 Å². The molecular weight excluding hydrogens is 1180 g/mol. The number of hydrogen-bond acceptors (Lipinski definition) is 21. The minimum atomic E-state index is -2.22. The third kappa shape index (κ3) is 15.6. The summed E-state index contributed by atoms with van der Waals surface area (Å²) in [5.74, 6) is -1.76. The highest BCUT2D eigenvalue weighted by Gasteiger charge is 2.54. The summed E-state index contributed by atoms with van der Waals surface area (Å²) in [5.41, 5.74) is -1.57. The molecule has 84 heavy (non-hydrogen) atoms. The van der Waals surface area contributed by atoms with Crippen LogP contribution >= 0.6 is 46.7 Å². The number of ether oxygens (including phenoxy) is 7. The van der Waals surface area contributed by atoms with Crippen LogP contribution in [0.4, 0.5) is 8.78 Å². The maximum atomic E-state index is 15.6. The number of Topliss-reactive ketones (excluding diaryl/α,β-unsaturated/α-hetero) is 1. The average molecular weight is 1250 g/mol. The third-order valence-corrected chi connectivity index (χ3v) is 16.2. The van der Waals surface area contributed by atoms with E-state index in [0.717, 1.165) is 50.0 Å². The number of fused-ring (bicyclic) bond motifs is 2. The number of thioether (sulfide) groups is 2. The number of alkyl halides is 2. The molecule has 6 aromatic rings. The van der Waals surface area contributed by atoms with Gasteiger partial charge in [0, 0.05) is 12.8 Å². The lowest BCUT2D eigenvalue weighted by Gasteiger charge is -2.30. The van der Waals surface area contributed by atoms with Gasteiger partial charge in [-0.2, -0.15) is 9.97 Å². The fourth-order valence-corrected chi connectivity index (χ4v) is 11.8. The first-order chi connectivity index (χ1) is 40.5. The highest BCUT2D eigenvalue weighted by Crippen LogP contribution is 2.39. The standard InChI is InChI=1S/C29H36ClFN4O7S.C28H34ClFN4O6S/c1-4-7-11-14-43-24-21-23(33-28(30)34-24)35(17-32-21)25-20(31)22(36)19(42-25)16-41-29(26(37)39-5-2,27(38)40-6-3)15-18-12-9-8-10-13-18;1-4-6-10-13-41-24-21-23(32-27(29)33-24)34(16-31-21)25-20(30)22(36)19(40-25)15-39-28(17(3)35,26(37)38-5-2)14-18-11-8-7-9-12-18/h8-10,12-13,17,19-20,22,25,36H,4-7,11,14-16H2,1-3H3;7-9,11-12,16,19-20,22,25,36H,4-6,10,13-15H2,1-3H3/t19-,20+,22-,25-;19-,20+,22-,25-,28?/m11/s1. The number of rotatable bonds is 29. The van der Waals surface area contributed by atoms with Crippen LogP contribution in [-0.2, 0) is 65.2 Å². The van der Waals surface area contributed by atoms with Gasteiger partial charge in [-0.3, -0.25) is 13.9 Å². The zero-order valence-corrected chi connectivity index (χ0v) is 50.6. The molecule has 0 bridgehead atoms. The van der Waals surface area contributed by atoms with Crippen LogP contribution in [0, 0.1) is 0 Å². The first-order valence-corrected chi connectivity index (χ1v) is 30.6. The summed E-state index contributed by atoms with van der Waals surface area (Å²) in [7, 11) is 0. The molecule has 456 valence electrons. The van der Waals surface area contributed by atoms with Crippen molar-refractivity contribution in [3.05, 3.63) is 95.0 Å². The van der Waals surface area contributed by atoms with E-state index < -0.39 is 97.3 Å². The number of aliphatic hydroxyl groups is 2. The van der Waals surface area contributed by atoms with Gasteiger partial charge < -0.3 is 43.4 Å². The number of benzene rings is 2. The lowest BCUT2D eigenvalue weighted by atomic mass is 9.90. The van der Waals surface area contributed by atoms with Gasteiger partial charge in [0.05, 0.1) is 45.7 Å². The molecule has 2 saturated heterocycles. The lowest BCUT2D eigenvalue weighted by Crippen LogP contribution is -2.54.